The summed E-state index contributed by atoms with van der Waals surface area (Å²) in [5.41, 5.74) is 0. The van der Waals surface area contributed by atoms with E-state index in [9.17, 15) is 0 Å². The second-order valence-corrected chi connectivity index (χ2v) is 4.76. The Kier molecular flexibility index (Phi) is 8.90. The Bertz CT molecular complexity index is 162. The van der Waals surface area contributed by atoms with Crippen molar-refractivity contribution >= 4 is 0 Å². The Morgan fingerprint density at radius 3 is 2.19 bits per heavy atom. The van der Waals surface area contributed by atoms with Crippen molar-refractivity contribution in [2.75, 3.05) is 26.8 Å². The van der Waals surface area contributed by atoms with Crippen molar-refractivity contribution in [1.82, 2.24) is 10.2 Å². The first kappa shape index (κ1) is 15.9. The van der Waals surface area contributed by atoms with Crippen molar-refractivity contribution in [3.63, 3.8) is 0 Å². The monoisotopic (exact) mass is 230 g/mol. The summed E-state index contributed by atoms with van der Waals surface area (Å²) in [5.74, 6) is 0. The molecule has 0 aromatic rings. The number of ether oxygens (including phenoxy) is 1. The molecule has 0 aliphatic carbocycles. The lowest BCUT2D eigenvalue weighted by atomic mass is 10.1. The highest BCUT2D eigenvalue weighted by atomic mass is 16.5. The fourth-order valence-electron chi connectivity index (χ4n) is 2.00. The minimum Gasteiger partial charge on any atom is -0.383 e. The van der Waals surface area contributed by atoms with Crippen LogP contribution in [0.1, 0.15) is 41.0 Å². The average molecular weight is 230 g/mol. The first-order valence-corrected chi connectivity index (χ1v) is 6.54. The van der Waals surface area contributed by atoms with E-state index in [4.69, 9.17) is 4.74 Å². The highest BCUT2D eigenvalue weighted by Crippen LogP contribution is 2.09. The molecule has 0 saturated heterocycles. The van der Waals surface area contributed by atoms with Crippen LogP contribution in [0.2, 0.25) is 0 Å². The van der Waals surface area contributed by atoms with Crippen molar-refractivity contribution in [2.24, 2.45) is 0 Å². The van der Waals surface area contributed by atoms with Gasteiger partial charge in [-0.25, -0.2) is 0 Å². The van der Waals surface area contributed by atoms with Gasteiger partial charge in [0.25, 0.3) is 0 Å². The molecule has 3 heteroatoms. The summed E-state index contributed by atoms with van der Waals surface area (Å²) in [6.45, 7) is 14.0. The first-order chi connectivity index (χ1) is 7.56. The third kappa shape index (κ3) is 5.83. The third-order valence-electron chi connectivity index (χ3n) is 3.11. The maximum Gasteiger partial charge on any atom is 0.0630 e. The van der Waals surface area contributed by atoms with Crippen LogP contribution >= 0.6 is 0 Å². The summed E-state index contributed by atoms with van der Waals surface area (Å²) in [6.07, 6.45) is 1.19. The molecule has 0 aliphatic heterocycles. The Hall–Kier alpha value is -0.120. The topological polar surface area (TPSA) is 24.5 Å². The van der Waals surface area contributed by atoms with Crippen molar-refractivity contribution in [1.29, 1.82) is 0 Å². The van der Waals surface area contributed by atoms with Gasteiger partial charge in [-0.1, -0.05) is 27.7 Å². The maximum atomic E-state index is 5.33. The number of hydrogen-bond acceptors (Lipinski definition) is 3. The van der Waals surface area contributed by atoms with E-state index in [1.807, 2.05) is 0 Å². The van der Waals surface area contributed by atoms with Crippen molar-refractivity contribution in [3.8, 4) is 0 Å². The van der Waals surface area contributed by atoms with Gasteiger partial charge in [0.2, 0.25) is 0 Å². The number of likely N-dealkylation sites (N-methyl/N-ethyl adjacent to an activating group) is 1. The molecule has 0 radical (unpaired) electrons. The Labute approximate surface area is 102 Å². The molecule has 0 fully saturated rings. The van der Waals surface area contributed by atoms with Gasteiger partial charge in [-0.3, -0.25) is 4.90 Å². The van der Waals surface area contributed by atoms with Crippen molar-refractivity contribution in [3.05, 3.63) is 0 Å². The molecule has 2 unspecified atom stereocenters. The van der Waals surface area contributed by atoms with Crippen LogP contribution in [0.5, 0.6) is 0 Å². The molecule has 98 valence electrons. The summed E-state index contributed by atoms with van der Waals surface area (Å²) in [5, 5.41) is 3.50. The zero-order chi connectivity index (χ0) is 12.6. The third-order valence-corrected chi connectivity index (χ3v) is 3.11. The standard InChI is InChI=1S/C13H30N2O/c1-7-12(5)15(8-2)13(10-16-6)9-14-11(3)4/h11-14H,7-10H2,1-6H3. The Balaban J connectivity index is 4.33. The van der Waals surface area contributed by atoms with E-state index in [-0.39, 0.29) is 0 Å². The molecule has 0 aliphatic rings. The Morgan fingerprint density at radius 1 is 1.19 bits per heavy atom. The lowest BCUT2D eigenvalue weighted by Gasteiger charge is -2.35. The van der Waals surface area contributed by atoms with Gasteiger partial charge in [0.05, 0.1) is 6.61 Å². The average Bonchev–Trinajstić information content (AvgIpc) is 2.26. The van der Waals surface area contributed by atoms with Crippen LogP contribution in [-0.4, -0.2) is 49.8 Å². The maximum absolute atomic E-state index is 5.33. The second kappa shape index (κ2) is 8.97. The van der Waals surface area contributed by atoms with Gasteiger partial charge in [0.15, 0.2) is 0 Å². The van der Waals surface area contributed by atoms with E-state index in [2.05, 4.69) is 44.8 Å². The molecule has 0 aromatic carbocycles. The number of rotatable bonds is 9. The number of hydrogen-bond donors (Lipinski definition) is 1. The molecule has 0 amide bonds. The van der Waals surface area contributed by atoms with E-state index >= 15 is 0 Å². The molecule has 0 heterocycles. The normalized spacial score (nSPS) is 15.8. The largest absolute Gasteiger partial charge is 0.383 e. The molecular weight excluding hydrogens is 200 g/mol. The van der Waals surface area contributed by atoms with Gasteiger partial charge in [0.1, 0.15) is 0 Å². The van der Waals surface area contributed by atoms with Crippen LogP contribution < -0.4 is 5.32 Å². The van der Waals surface area contributed by atoms with Gasteiger partial charge in [-0.05, 0) is 19.9 Å². The highest BCUT2D eigenvalue weighted by molar-refractivity contribution is 4.77. The molecule has 0 spiro atoms. The predicted molar refractivity (Wildman–Crippen MR) is 70.9 cm³/mol. The quantitative estimate of drug-likeness (QED) is 0.656. The molecule has 0 rings (SSSR count). The van der Waals surface area contributed by atoms with E-state index in [0.717, 1.165) is 19.7 Å². The molecule has 2 atom stereocenters. The van der Waals surface area contributed by atoms with E-state index in [0.29, 0.717) is 18.1 Å². The van der Waals surface area contributed by atoms with Crippen molar-refractivity contribution in [2.45, 2.75) is 59.2 Å². The number of nitrogens with zero attached hydrogens (tertiary/aromatic N) is 1. The zero-order valence-corrected chi connectivity index (χ0v) is 11.9. The van der Waals surface area contributed by atoms with Gasteiger partial charge >= 0.3 is 0 Å². The lowest BCUT2D eigenvalue weighted by molar-refractivity contribution is 0.0663. The highest BCUT2D eigenvalue weighted by Gasteiger charge is 2.20. The molecule has 0 bridgehead atoms. The van der Waals surface area contributed by atoms with E-state index < -0.39 is 0 Å². The van der Waals surface area contributed by atoms with Crippen LogP contribution in [-0.2, 0) is 4.74 Å². The first-order valence-electron chi connectivity index (χ1n) is 6.54. The minimum absolute atomic E-state index is 0.479. The predicted octanol–water partition coefficient (Wildman–Crippen LogP) is 2.12. The number of nitrogens with one attached hydrogen (secondary N) is 1. The molecule has 16 heavy (non-hydrogen) atoms. The van der Waals surface area contributed by atoms with Gasteiger partial charge in [-0.2, -0.15) is 0 Å². The van der Waals surface area contributed by atoms with E-state index in [1.165, 1.54) is 6.42 Å². The molecular formula is C13H30N2O. The fraction of sp³-hybridized carbons (Fsp3) is 1.00. The lowest BCUT2D eigenvalue weighted by Crippen LogP contribution is -2.50. The van der Waals surface area contributed by atoms with Gasteiger partial charge < -0.3 is 10.1 Å². The van der Waals surface area contributed by atoms with Crippen LogP contribution in [0, 0.1) is 0 Å². The summed E-state index contributed by atoms with van der Waals surface area (Å²) >= 11 is 0. The van der Waals surface area contributed by atoms with Crippen LogP contribution in [0.4, 0.5) is 0 Å². The smallest absolute Gasteiger partial charge is 0.0630 e. The van der Waals surface area contributed by atoms with E-state index in [1.54, 1.807) is 7.11 Å². The zero-order valence-electron chi connectivity index (χ0n) is 11.9. The van der Waals surface area contributed by atoms with Gasteiger partial charge in [0, 0.05) is 31.8 Å². The number of methoxy groups -OCH3 is 1. The summed E-state index contributed by atoms with van der Waals surface area (Å²) < 4.78 is 5.33. The molecule has 0 saturated carbocycles. The van der Waals surface area contributed by atoms with Gasteiger partial charge in [-0.15, -0.1) is 0 Å². The second-order valence-electron chi connectivity index (χ2n) is 4.76. The minimum atomic E-state index is 0.479. The van der Waals surface area contributed by atoms with Crippen LogP contribution in [0.25, 0.3) is 0 Å². The summed E-state index contributed by atoms with van der Waals surface area (Å²) in [6, 6.07) is 1.64. The van der Waals surface area contributed by atoms with Crippen LogP contribution in [0.15, 0.2) is 0 Å². The van der Waals surface area contributed by atoms with Crippen molar-refractivity contribution < 1.29 is 4.74 Å². The fourth-order valence-corrected chi connectivity index (χ4v) is 2.00. The summed E-state index contributed by atoms with van der Waals surface area (Å²) in [7, 11) is 1.78. The molecule has 1 N–H and O–H groups in total. The van der Waals surface area contributed by atoms with Crippen LogP contribution in [0.3, 0.4) is 0 Å². The summed E-state index contributed by atoms with van der Waals surface area (Å²) in [4.78, 5) is 2.53. The Morgan fingerprint density at radius 2 is 1.81 bits per heavy atom. The SMILES string of the molecule is CCC(C)N(CC)C(CNC(C)C)COC. The molecule has 3 nitrogen and oxygen atoms in total. The molecule has 0 aromatic heterocycles.